The lowest BCUT2D eigenvalue weighted by atomic mass is 9.94. The molecule has 3 aromatic rings. The van der Waals surface area contributed by atoms with E-state index in [0.717, 1.165) is 54.9 Å². The molecule has 0 radical (unpaired) electrons. The van der Waals surface area contributed by atoms with Gasteiger partial charge in [-0.15, -0.1) is 0 Å². The van der Waals surface area contributed by atoms with Gasteiger partial charge in [0.15, 0.2) is 0 Å². The average Bonchev–Trinajstić information content (AvgIpc) is 2.69. The number of nitrogens with one attached hydrogen (secondary N) is 1. The highest BCUT2D eigenvalue weighted by Gasteiger charge is 2.24. The van der Waals surface area contributed by atoms with Crippen molar-refractivity contribution in [2.24, 2.45) is 0 Å². The first-order chi connectivity index (χ1) is 12.8. The second-order valence-corrected chi connectivity index (χ2v) is 6.41. The highest BCUT2D eigenvalue weighted by Crippen LogP contribution is 2.29. The van der Waals surface area contributed by atoms with Crippen molar-refractivity contribution in [3.8, 4) is 0 Å². The van der Waals surface area contributed by atoms with E-state index in [1.54, 1.807) is 18.6 Å². The first kappa shape index (κ1) is 16.4. The van der Waals surface area contributed by atoms with Crippen molar-refractivity contribution in [3.63, 3.8) is 0 Å². The quantitative estimate of drug-likeness (QED) is 0.777. The van der Waals surface area contributed by atoms with Gasteiger partial charge in [0.25, 0.3) is 0 Å². The van der Waals surface area contributed by atoms with Gasteiger partial charge < -0.3 is 10.2 Å². The number of anilines is 3. The van der Waals surface area contributed by atoms with Crippen LogP contribution in [0.5, 0.6) is 0 Å². The summed E-state index contributed by atoms with van der Waals surface area (Å²) in [5, 5.41) is 3.27. The van der Waals surface area contributed by atoms with Crippen LogP contribution in [0, 0.1) is 6.92 Å². The number of piperidine rings is 1. The largest absolute Gasteiger partial charge is 0.355 e. The van der Waals surface area contributed by atoms with Crippen LogP contribution in [0.3, 0.4) is 0 Å². The van der Waals surface area contributed by atoms with E-state index in [9.17, 15) is 0 Å². The summed E-state index contributed by atoms with van der Waals surface area (Å²) in [6.45, 7) is 3.81. The van der Waals surface area contributed by atoms with Gasteiger partial charge in [0, 0.05) is 43.7 Å². The van der Waals surface area contributed by atoms with Crippen molar-refractivity contribution < 1.29 is 0 Å². The Morgan fingerprint density at radius 1 is 1.08 bits per heavy atom. The Morgan fingerprint density at radius 2 is 2.04 bits per heavy atom. The summed E-state index contributed by atoms with van der Waals surface area (Å²) in [5.74, 6) is 3.59. The van der Waals surface area contributed by atoms with Gasteiger partial charge in [-0.3, -0.25) is 4.98 Å². The van der Waals surface area contributed by atoms with E-state index in [2.05, 4.69) is 30.2 Å². The van der Waals surface area contributed by atoms with Gasteiger partial charge in [0.1, 0.15) is 23.3 Å². The predicted molar refractivity (Wildman–Crippen MR) is 101 cm³/mol. The molecule has 1 aliphatic rings. The van der Waals surface area contributed by atoms with E-state index >= 15 is 0 Å². The SMILES string of the molecule is Cc1nc(Nc2ccccn2)cc([C@@H]2CCCN(c3cnccn3)C2)n1. The van der Waals surface area contributed by atoms with Gasteiger partial charge in [0.05, 0.1) is 11.9 Å². The van der Waals surface area contributed by atoms with Crippen LogP contribution < -0.4 is 10.2 Å². The van der Waals surface area contributed by atoms with Gasteiger partial charge in [-0.1, -0.05) is 6.07 Å². The molecule has 0 spiro atoms. The van der Waals surface area contributed by atoms with Crippen LogP contribution in [0.1, 0.15) is 30.3 Å². The number of nitrogens with zero attached hydrogens (tertiary/aromatic N) is 6. The van der Waals surface area contributed by atoms with E-state index in [0.29, 0.717) is 5.92 Å². The molecule has 0 saturated carbocycles. The van der Waals surface area contributed by atoms with Crippen LogP contribution in [0.2, 0.25) is 0 Å². The Labute approximate surface area is 152 Å². The second-order valence-electron chi connectivity index (χ2n) is 6.41. The lowest BCUT2D eigenvalue weighted by molar-refractivity contribution is 0.497. The molecule has 4 rings (SSSR count). The molecule has 0 unspecified atom stereocenters. The molecule has 3 aromatic heterocycles. The zero-order chi connectivity index (χ0) is 17.8. The molecule has 1 atom stereocenters. The van der Waals surface area contributed by atoms with E-state index in [1.165, 1.54) is 0 Å². The molecular formula is C19H21N7. The Kier molecular flexibility index (Phi) is 4.68. The summed E-state index contributed by atoms with van der Waals surface area (Å²) in [4.78, 5) is 24.4. The Hall–Kier alpha value is -3.09. The van der Waals surface area contributed by atoms with Gasteiger partial charge in [-0.25, -0.2) is 19.9 Å². The molecule has 0 bridgehead atoms. The lowest BCUT2D eigenvalue weighted by Crippen LogP contribution is -2.35. The minimum absolute atomic E-state index is 0.344. The molecule has 132 valence electrons. The molecule has 4 heterocycles. The number of aryl methyl sites for hydroxylation is 1. The standard InChI is InChI=1S/C19H21N7/c1-14-23-16(11-18(24-14)25-17-6-2-3-7-21-17)15-5-4-10-26(13-15)19-12-20-8-9-22-19/h2-3,6-9,11-12,15H,4-5,10,13H2,1H3,(H,21,23,24,25)/t15-/m1/s1. The highest BCUT2D eigenvalue weighted by atomic mass is 15.2. The number of hydrogen-bond donors (Lipinski definition) is 1. The van der Waals surface area contributed by atoms with Crippen molar-refractivity contribution in [1.82, 2.24) is 24.9 Å². The molecule has 7 nitrogen and oxygen atoms in total. The zero-order valence-corrected chi connectivity index (χ0v) is 14.7. The third-order valence-corrected chi connectivity index (χ3v) is 4.49. The molecule has 1 aliphatic heterocycles. The van der Waals surface area contributed by atoms with Crippen LogP contribution in [0.15, 0.2) is 49.1 Å². The number of aromatic nitrogens is 5. The van der Waals surface area contributed by atoms with Crippen molar-refractivity contribution in [2.45, 2.75) is 25.7 Å². The molecule has 1 N–H and O–H groups in total. The summed E-state index contributed by atoms with van der Waals surface area (Å²) in [6.07, 6.45) is 9.24. The van der Waals surface area contributed by atoms with E-state index in [-0.39, 0.29) is 0 Å². The number of hydrogen-bond acceptors (Lipinski definition) is 7. The molecule has 1 fully saturated rings. The lowest BCUT2D eigenvalue weighted by Gasteiger charge is -2.33. The van der Waals surface area contributed by atoms with Crippen molar-refractivity contribution >= 4 is 17.5 Å². The predicted octanol–water partition coefficient (Wildman–Crippen LogP) is 3.10. The topological polar surface area (TPSA) is 79.7 Å². The van der Waals surface area contributed by atoms with E-state index in [1.807, 2.05) is 37.4 Å². The summed E-state index contributed by atoms with van der Waals surface area (Å²) in [5.41, 5.74) is 1.06. The van der Waals surface area contributed by atoms with Crippen LogP contribution in [-0.2, 0) is 0 Å². The number of rotatable bonds is 4. The first-order valence-corrected chi connectivity index (χ1v) is 8.82. The van der Waals surface area contributed by atoms with Gasteiger partial charge in [0.2, 0.25) is 0 Å². The highest BCUT2D eigenvalue weighted by molar-refractivity contribution is 5.52. The Bertz CT molecular complexity index is 854. The Morgan fingerprint density at radius 3 is 2.85 bits per heavy atom. The second kappa shape index (κ2) is 7.43. The summed E-state index contributed by atoms with van der Waals surface area (Å²) >= 11 is 0. The third kappa shape index (κ3) is 3.77. The van der Waals surface area contributed by atoms with Crippen LogP contribution in [0.4, 0.5) is 17.5 Å². The molecule has 0 aliphatic carbocycles. The smallest absolute Gasteiger partial charge is 0.147 e. The minimum Gasteiger partial charge on any atom is -0.355 e. The van der Waals surface area contributed by atoms with Crippen molar-refractivity contribution in [2.75, 3.05) is 23.3 Å². The van der Waals surface area contributed by atoms with E-state index in [4.69, 9.17) is 4.98 Å². The van der Waals surface area contributed by atoms with Crippen LogP contribution in [0.25, 0.3) is 0 Å². The maximum absolute atomic E-state index is 4.69. The maximum Gasteiger partial charge on any atom is 0.147 e. The summed E-state index contributed by atoms with van der Waals surface area (Å²) < 4.78 is 0. The van der Waals surface area contributed by atoms with Crippen molar-refractivity contribution in [3.05, 3.63) is 60.6 Å². The fourth-order valence-corrected chi connectivity index (χ4v) is 3.31. The van der Waals surface area contributed by atoms with E-state index < -0.39 is 0 Å². The monoisotopic (exact) mass is 347 g/mol. The average molecular weight is 347 g/mol. The fourth-order valence-electron chi connectivity index (χ4n) is 3.31. The van der Waals surface area contributed by atoms with Crippen molar-refractivity contribution in [1.29, 1.82) is 0 Å². The molecule has 26 heavy (non-hydrogen) atoms. The minimum atomic E-state index is 0.344. The zero-order valence-electron chi connectivity index (χ0n) is 14.7. The third-order valence-electron chi connectivity index (χ3n) is 4.49. The van der Waals surface area contributed by atoms with Gasteiger partial charge >= 0.3 is 0 Å². The number of pyridine rings is 1. The molecular weight excluding hydrogens is 326 g/mol. The van der Waals surface area contributed by atoms with Gasteiger partial charge in [-0.2, -0.15) is 0 Å². The molecule has 1 saturated heterocycles. The normalized spacial score (nSPS) is 17.1. The first-order valence-electron chi connectivity index (χ1n) is 8.82. The molecule has 7 heteroatoms. The molecule has 0 aromatic carbocycles. The maximum atomic E-state index is 4.69. The van der Waals surface area contributed by atoms with Crippen LogP contribution in [-0.4, -0.2) is 38.0 Å². The van der Waals surface area contributed by atoms with Crippen LogP contribution >= 0.6 is 0 Å². The van der Waals surface area contributed by atoms with Gasteiger partial charge in [-0.05, 0) is 31.9 Å². The fraction of sp³-hybridized carbons (Fsp3) is 0.316. The molecule has 0 amide bonds. The summed E-state index contributed by atoms with van der Waals surface area (Å²) in [6, 6.07) is 7.80. The Balaban J connectivity index is 1.55. The summed E-state index contributed by atoms with van der Waals surface area (Å²) in [7, 11) is 0.